The summed E-state index contributed by atoms with van der Waals surface area (Å²) in [6.07, 6.45) is 1.61. The Labute approximate surface area is 208 Å². The van der Waals surface area contributed by atoms with Crippen molar-refractivity contribution in [3.8, 4) is 5.75 Å². The van der Waals surface area contributed by atoms with E-state index in [2.05, 4.69) is 11.6 Å². The smallest absolute Gasteiger partial charge is 0.350 e. The van der Waals surface area contributed by atoms with Gasteiger partial charge in [0, 0.05) is 0 Å². The number of nitrogens with zero attached hydrogens (tertiary/aromatic N) is 2. The van der Waals surface area contributed by atoms with Crippen molar-refractivity contribution in [3.05, 3.63) is 98.6 Å². The number of ether oxygens (including phenoxy) is 2. The number of hydrogen-bond donors (Lipinski definition) is 0. The van der Waals surface area contributed by atoms with Crippen molar-refractivity contribution in [1.82, 2.24) is 4.98 Å². The minimum atomic E-state index is -0.930. The molecule has 36 heavy (non-hydrogen) atoms. The van der Waals surface area contributed by atoms with Crippen molar-refractivity contribution in [2.75, 3.05) is 18.6 Å². The first-order valence-corrected chi connectivity index (χ1v) is 11.6. The van der Waals surface area contributed by atoms with Crippen LogP contribution in [-0.2, 0) is 4.74 Å². The average Bonchev–Trinajstić information content (AvgIpc) is 3.40. The number of esters is 1. The molecule has 2 aromatic carbocycles. The van der Waals surface area contributed by atoms with E-state index < -0.39 is 29.2 Å². The first kappa shape index (κ1) is 23.4. The Morgan fingerprint density at radius 2 is 2.00 bits per heavy atom. The second kappa shape index (κ2) is 9.04. The van der Waals surface area contributed by atoms with Crippen LogP contribution >= 0.6 is 11.3 Å². The summed E-state index contributed by atoms with van der Waals surface area (Å²) in [5.41, 5.74) is 0.575. The van der Waals surface area contributed by atoms with Crippen LogP contribution in [0.1, 0.15) is 43.1 Å². The van der Waals surface area contributed by atoms with Crippen molar-refractivity contribution in [1.29, 1.82) is 0 Å². The van der Waals surface area contributed by atoms with Gasteiger partial charge in [0.25, 0.3) is 5.91 Å². The van der Waals surface area contributed by atoms with E-state index in [1.165, 1.54) is 18.1 Å². The van der Waals surface area contributed by atoms with E-state index in [0.29, 0.717) is 23.6 Å². The van der Waals surface area contributed by atoms with Gasteiger partial charge in [-0.05, 0) is 42.8 Å². The van der Waals surface area contributed by atoms with Crippen LogP contribution in [0, 0.1) is 12.7 Å². The largest absolute Gasteiger partial charge is 0.490 e. The van der Waals surface area contributed by atoms with Gasteiger partial charge in [-0.15, -0.1) is 0 Å². The van der Waals surface area contributed by atoms with Crippen LogP contribution in [-0.4, -0.2) is 30.6 Å². The highest BCUT2D eigenvalue weighted by Gasteiger charge is 2.45. The average molecular weight is 507 g/mol. The van der Waals surface area contributed by atoms with E-state index in [0.717, 1.165) is 23.5 Å². The van der Waals surface area contributed by atoms with Crippen molar-refractivity contribution < 1.29 is 27.9 Å². The van der Waals surface area contributed by atoms with Gasteiger partial charge < -0.3 is 13.9 Å². The number of carbonyl (C=O) groups excluding carboxylic acids is 2. The molecule has 0 bridgehead atoms. The van der Waals surface area contributed by atoms with Gasteiger partial charge in [-0.25, -0.2) is 14.2 Å². The third-order valence-electron chi connectivity index (χ3n) is 5.76. The number of methoxy groups -OCH3 is 1. The second-order valence-electron chi connectivity index (χ2n) is 7.96. The van der Waals surface area contributed by atoms with Gasteiger partial charge >= 0.3 is 5.97 Å². The summed E-state index contributed by atoms with van der Waals surface area (Å²) >= 11 is 0.969. The predicted octanol–water partition coefficient (Wildman–Crippen LogP) is 4.80. The van der Waals surface area contributed by atoms with Crippen LogP contribution < -0.4 is 15.1 Å². The molecule has 1 aliphatic rings. The predicted molar refractivity (Wildman–Crippen MR) is 131 cm³/mol. The number of benzene rings is 2. The number of hydrogen-bond acceptors (Lipinski definition) is 8. The fourth-order valence-electron chi connectivity index (χ4n) is 4.13. The zero-order valence-corrected chi connectivity index (χ0v) is 20.1. The van der Waals surface area contributed by atoms with E-state index in [4.69, 9.17) is 13.9 Å². The van der Waals surface area contributed by atoms with Crippen LogP contribution in [0.2, 0.25) is 0 Å². The van der Waals surface area contributed by atoms with E-state index in [-0.39, 0.29) is 32.3 Å². The van der Waals surface area contributed by atoms with Gasteiger partial charge in [-0.3, -0.25) is 14.5 Å². The number of anilines is 1. The highest BCUT2D eigenvalue weighted by Crippen LogP contribution is 2.43. The Morgan fingerprint density at radius 3 is 2.69 bits per heavy atom. The highest BCUT2D eigenvalue weighted by molar-refractivity contribution is 7.17. The number of thiazole rings is 1. The Balaban J connectivity index is 1.72. The number of aromatic nitrogens is 1. The van der Waals surface area contributed by atoms with Gasteiger partial charge in [0.1, 0.15) is 28.6 Å². The highest BCUT2D eigenvalue weighted by atomic mass is 32.1. The molecule has 0 saturated carbocycles. The lowest BCUT2D eigenvalue weighted by Gasteiger charge is -2.22. The number of fused-ring (bicyclic) bond motifs is 2. The Morgan fingerprint density at radius 1 is 1.25 bits per heavy atom. The molecule has 0 spiro atoms. The number of rotatable bonds is 6. The van der Waals surface area contributed by atoms with Gasteiger partial charge in [0.05, 0.1) is 29.8 Å². The molecule has 182 valence electrons. The first-order valence-electron chi connectivity index (χ1n) is 10.8. The molecule has 1 atom stereocenters. The van der Waals surface area contributed by atoms with Gasteiger partial charge in [-0.1, -0.05) is 36.1 Å². The molecule has 0 radical (unpaired) electrons. The van der Waals surface area contributed by atoms with Crippen molar-refractivity contribution in [2.45, 2.75) is 13.0 Å². The number of carbonyl (C=O) groups is 2. The molecule has 1 aliphatic heterocycles. The van der Waals surface area contributed by atoms with Crippen LogP contribution in [0.15, 0.2) is 64.3 Å². The van der Waals surface area contributed by atoms with Crippen molar-refractivity contribution >= 4 is 39.3 Å². The minimum Gasteiger partial charge on any atom is -0.490 e. The molecule has 0 saturated heterocycles. The molecule has 3 heterocycles. The van der Waals surface area contributed by atoms with Crippen LogP contribution in [0.4, 0.5) is 9.52 Å². The molecular formula is C26H19FN2O6S. The first-order chi connectivity index (χ1) is 17.3. The lowest BCUT2D eigenvalue weighted by molar-refractivity contribution is 0.0605. The molecule has 1 amide bonds. The van der Waals surface area contributed by atoms with E-state index in [1.54, 1.807) is 37.3 Å². The Kier molecular flexibility index (Phi) is 5.89. The third-order valence-corrected chi connectivity index (χ3v) is 6.89. The monoisotopic (exact) mass is 506 g/mol. The maximum absolute atomic E-state index is 14.0. The van der Waals surface area contributed by atoms with Gasteiger partial charge in [0.2, 0.25) is 5.76 Å². The van der Waals surface area contributed by atoms with Crippen LogP contribution in [0.5, 0.6) is 5.75 Å². The molecule has 1 unspecified atom stereocenters. The summed E-state index contributed by atoms with van der Waals surface area (Å²) in [7, 11) is 1.25. The fourth-order valence-corrected chi connectivity index (χ4v) is 5.14. The van der Waals surface area contributed by atoms with Crippen LogP contribution in [0.3, 0.4) is 0 Å². The molecule has 0 N–H and O–H groups in total. The summed E-state index contributed by atoms with van der Waals surface area (Å²) < 4.78 is 30.2. The maximum Gasteiger partial charge on any atom is 0.350 e. The minimum absolute atomic E-state index is 0.0184. The topological polar surface area (TPSA) is 98.9 Å². The molecule has 2 aromatic heterocycles. The Hall–Kier alpha value is -4.31. The van der Waals surface area contributed by atoms with E-state index in [9.17, 15) is 18.8 Å². The van der Waals surface area contributed by atoms with Gasteiger partial charge in [-0.2, -0.15) is 0 Å². The zero-order valence-electron chi connectivity index (χ0n) is 19.2. The molecule has 10 heteroatoms. The zero-order chi connectivity index (χ0) is 25.6. The number of halogens is 1. The number of aryl methyl sites for hydroxylation is 1. The molecule has 4 aromatic rings. The third kappa shape index (κ3) is 3.75. The summed E-state index contributed by atoms with van der Waals surface area (Å²) in [4.78, 5) is 45.4. The van der Waals surface area contributed by atoms with Gasteiger partial charge in [0.15, 0.2) is 10.6 Å². The summed E-state index contributed by atoms with van der Waals surface area (Å²) in [6, 6.07) is 9.46. The normalized spacial score (nSPS) is 14.7. The molecule has 0 aliphatic carbocycles. The van der Waals surface area contributed by atoms with Crippen molar-refractivity contribution in [3.63, 3.8) is 0 Å². The maximum atomic E-state index is 14.0. The molecule has 5 rings (SSSR count). The summed E-state index contributed by atoms with van der Waals surface area (Å²) in [6.45, 7) is 5.56. The van der Waals surface area contributed by atoms with E-state index in [1.807, 2.05) is 0 Å². The lowest BCUT2D eigenvalue weighted by atomic mass is 9.98. The standard InChI is InChI=1S/C26H19FN2O6S/c1-4-11-34-16-8-5-14(6-9-16)20-19-21(30)17-12-15(27)7-10-18(17)35-22(19)24(31)29(20)26-28-13(2)23(36-26)25(32)33-3/h4-10,12,20H,1,11H2,2-3H3. The quantitative estimate of drug-likeness (QED) is 0.274. The lowest BCUT2D eigenvalue weighted by Crippen LogP contribution is -2.29. The van der Waals surface area contributed by atoms with E-state index >= 15 is 0 Å². The molecule has 0 fully saturated rings. The molecular weight excluding hydrogens is 487 g/mol. The molecule has 8 nitrogen and oxygen atoms in total. The SMILES string of the molecule is C=CCOc1ccc(C2c3c(oc4ccc(F)cc4c3=O)C(=O)N2c2nc(C)c(C(=O)OC)s2)cc1. The summed E-state index contributed by atoms with van der Waals surface area (Å²) in [5, 5.41) is 0.209. The summed E-state index contributed by atoms with van der Waals surface area (Å²) in [5.74, 6) is -1.38. The number of amides is 1. The Bertz CT molecular complexity index is 1590. The second-order valence-corrected chi connectivity index (χ2v) is 8.94. The van der Waals surface area contributed by atoms with Crippen molar-refractivity contribution in [2.24, 2.45) is 0 Å². The fraction of sp³-hybridized carbons (Fsp3) is 0.154. The van der Waals surface area contributed by atoms with Crippen LogP contribution in [0.25, 0.3) is 11.0 Å².